The number of carbonyl (C=O) groups is 1. The number of benzene rings is 3. The molecule has 0 aliphatic carbocycles. The number of amides is 1. The number of nitrogens with zero attached hydrogens (tertiary/aromatic N) is 2. The highest BCUT2D eigenvalue weighted by atomic mass is 19.1. The Bertz CT molecular complexity index is 1280. The van der Waals surface area contributed by atoms with E-state index in [2.05, 4.69) is 15.3 Å². The van der Waals surface area contributed by atoms with E-state index >= 15 is 0 Å². The van der Waals surface area contributed by atoms with E-state index in [0.717, 1.165) is 39.2 Å². The van der Waals surface area contributed by atoms with Crippen LogP contribution in [-0.2, 0) is 4.79 Å². The molecule has 4 aromatic rings. The first-order valence-corrected chi connectivity index (χ1v) is 8.80. The van der Waals surface area contributed by atoms with E-state index in [4.69, 9.17) is 5.41 Å². The van der Waals surface area contributed by atoms with E-state index in [1.165, 1.54) is 18.5 Å². The normalized spacial score (nSPS) is 10.4. The second kappa shape index (κ2) is 7.84. The Balaban J connectivity index is 1.87. The van der Waals surface area contributed by atoms with Crippen molar-refractivity contribution in [1.29, 1.82) is 5.41 Å². The number of nitrogens with one attached hydrogen (secondary N) is 2. The van der Waals surface area contributed by atoms with Crippen molar-refractivity contribution in [3.63, 3.8) is 0 Å². The van der Waals surface area contributed by atoms with Crippen molar-refractivity contribution < 1.29 is 9.18 Å². The second-order valence-electron chi connectivity index (χ2n) is 6.35. The number of fused-ring (bicyclic) bond motifs is 1. The van der Waals surface area contributed by atoms with Crippen LogP contribution in [0.1, 0.15) is 0 Å². The van der Waals surface area contributed by atoms with Crippen LogP contribution in [0.2, 0.25) is 0 Å². The average molecular weight is 382 g/mol. The summed E-state index contributed by atoms with van der Waals surface area (Å²) in [7, 11) is 0. The first-order valence-electron chi connectivity index (χ1n) is 8.80. The maximum atomic E-state index is 13.7. The van der Waals surface area contributed by atoms with Crippen LogP contribution in [0.15, 0.2) is 79.3 Å². The molecule has 0 aliphatic heterocycles. The molecular formula is C23H15FN4O. The Kier molecular flexibility index (Phi) is 4.93. The lowest BCUT2D eigenvalue weighted by atomic mass is 9.96. The van der Waals surface area contributed by atoms with Crippen molar-refractivity contribution in [3.05, 3.63) is 85.1 Å². The molecule has 0 fully saturated rings. The Morgan fingerprint density at radius 2 is 1.86 bits per heavy atom. The van der Waals surface area contributed by atoms with Gasteiger partial charge in [-0.1, -0.05) is 24.3 Å². The van der Waals surface area contributed by atoms with Crippen LogP contribution in [0.25, 0.3) is 33.2 Å². The molecule has 140 valence electrons. The summed E-state index contributed by atoms with van der Waals surface area (Å²) in [5.74, 6) is 1.21. The van der Waals surface area contributed by atoms with Gasteiger partial charge in [-0.3, -0.25) is 10.2 Å². The summed E-state index contributed by atoms with van der Waals surface area (Å²) in [6, 6.07) is 17.6. The minimum atomic E-state index is -0.433. The summed E-state index contributed by atoms with van der Waals surface area (Å²) in [4.78, 5) is 20.3. The summed E-state index contributed by atoms with van der Waals surface area (Å²) in [6.07, 6.45) is 4.21. The summed E-state index contributed by atoms with van der Waals surface area (Å²) in [6.45, 7) is 0. The van der Waals surface area contributed by atoms with Gasteiger partial charge in [-0.2, -0.15) is 0 Å². The largest absolute Gasteiger partial charge is 0.322 e. The highest BCUT2D eigenvalue weighted by molar-refractivity contribution is 6.04. The van der Waals surface area contributed by atoms with Crippen molar-refractivity contribution in [2.75, 3.05) is 5.32 Å². The van der Waals surface area contributed by atoms with E-state index < -0.39 is 5.91 Å². The van der Waals surface area contributed by atoms with Gasteiger partial charge in [0.15, 0.2) is 0 Å². The fourth-order valence-corrected chi connectivity index (χ4v) is 3.17. The van der Waals surface area contributed by atoms with Crippen LogP contribution < -0.4 is 5.32 Å². The van der Waals surface area contributed by atoms with Gasteiger partial charge in [0.1, 0.15) is 12.1 Å². The fourth-order valence-electron chi connectivity index (χ4n) is 3.17. The van der Waals surface area contributed by atoms with E-state index in [0.29, 0.717) is 5.69 Å². The second-order valence-corrected chi connectivity index (χ2v) is 6.35. The first-order chi connectivity index (χ1) is 14.1. The molecule has 3 aromatic carbocycles. The van der Waals surface area contributed by atoms with Gasteiger partial charge in [0.05, 0.1) is 11.6 Å². The predicted molar refractivity (Wildman–Crippen MR) is 111 cm³/mol. The zero-order valence-electron chi connectivity index (χ0n) is 15.2. The molecule has 2 N–H and O–H groups in total. The van der Waals surface area contributed by atoms with E-state index in [-0.39, 0.29) is 5.82 Å². The van der Waals surface area contributed by atoms with Crippen LogP contribution in [-0.4, -0.2) is 21.7 Å². The fraction of sp³-hybridized carbons (Fsp3) is 0. The third-order valence-electron chi connectivity index (χ3n) is 4.41. The number of hydrogen-bond donors (Lipinski definition) is 2. The van der Waals surface area contributed by atoms with E-state index in [1.54, 1.807) is 18.3 Å². The molecule has 0 aliphatic rings. The van der Waals surface area contributed by atoms with E-state index in [1.807, 2.05) is 42.3 Å². The molecule has 1 heterocycles. The van der Waals surface area contributed by atoms with Crippen molar-refractivity contribution in [3.8, 4) is 22.3 Å². The zero-order chi connectivity index (χ0) is 20.2. The summed E-state index contributed by atoms with van der Waals surface area (Å²) in [5.41, 5.74) is 4.59. The maximum Gasteiger partial charge on any atom is 0.257 e. The Hall–Kier alpha value is -4.15. The number of anilines is 1. The average Bonchev–Trinajstić information content (AvgIpc) is 2.73. The molecule has 0 saturated carbocycles. The molecule has 0 saturated heterocycles. The first kappa shape index (κ1) is 18.2. The van der Waals surface area contributed by atoms with Crippen molar-refractivity contribution in [2.24, 2.45) is 0 Å². The van der Waals surface area contributed by atoms with Crippen LogP contribution in [0, 0.1) is 11.2 Å². The minimum absolute atomic E-state index is 0.308. The molecule has 0 bridgehead atoms. The molecular weight excluding hydrogens is 367 g/mol. The maximum absolute atomic E-state index is 13.7. The Morgan fingerprint density at radius 1 is 1.03 bits per heavy atom. The van der Waals surface area contributed by atoms with Crippen LogP contribution in [0.3, 0.4) is 0 Å². The van der Waals surface area contributed by atoms with Crippen molar-refractivity contribution in [2.45, 2.75) is 0 Å². The molecule has 1 aromatic heterocycles. The molecule has 0 atom stereocenters. The molecule has 6 heteroatoms. The van der Waals surface area contributed by atoms with Gasteiger partial charge in [0, 0.05) is 22.8 Å². The number of rotatable bonds is 4. The summed E-state index contributed by atoms with van der Waals surface area (Å²) < 4.78 is 13.7. The van der Waals surface area contributed by atoms with E-state index in [9.17, 15) is 9.18 Å². The van der Waals surface area contributed by atoms with Crippen LogP contribution in [0.5, 0.6) is 0 Å². The Labute approximate surface area is 166 Å². The number of aromatic nitrogens is 2. The highest BCUT2D eigenvalue weighted by Gasteiger charge is 2.11. The molecule has 0 unspecified atom stereocenters. The number of carbonyl (C=O) groups excluding carboxylic acids is 1. The van der Waals surface area contributed by atoms with Gasteiger partial charge >= 0.3 is 0 Å². The van der Waals surface area contributed by atoms with Crippen molar-refractivity contribution in [1.82, 2.24) is 9.97 Å². The standard InChI is InChI=1S/C23H15FN4O/c24-19-5-1-3-15(10-19)17-9-18-13-26-14-27-23(18)21(12-17)16-4-2-6-20(11-16)28-22(29)7-8-25/h1-7,9-14,25H,(H,28,29). The lowest BCUT2D eigenvalue weighted by Gasteiger charge is -2.11. The lowest BCUT2D eigenvalue weighted by Crippen LogP contribution is -2.07. The van der Waals surface area contributed by atoms with Gasteiger partial charge in [0.25, 0.3) is 5.91 Å². The van der Waals surface area contributed by atoms with Crippen LogP contribution in [0.4, 0.5) is 10.1 Å². The third kappa shape index (κ3) is 3.93. The number of hydrogen-bond acceptors (Lipinski definition) is 4. The van der Waals surface area contributed by atoms with Crippen LogP contribution >= 0.6 is 0 Å². The molecule has 4 rings (SSSR count). The van der Waals surface area contributed by atoms with Crippen molar-refractivity contribution >= 4 is 28.4 Å². The third-order valence-corrected chi connectivity index (χ3v) is 4.41. The predicted octanol–water partition coefficient (Wildman–Crippen LogP) is 4.85. The van der Waals surface area contributed by atoms with Gasteiger partial charge in [-0.05, 0) is 59.0 Å². The molecule has 29 heavy (non-hydrogen) atoms. The topological polar surface area (TPSA) is 78.7 Å². The zero-order valence-corrected chi connectivity index (χ0v) is 15.2. The molecule has 5 nitrogen and oxygen atoms in total. The SMILES string of the molecule is N=C=CC(=O)Nc1cccc(-c2cc(-c3cccc(F)c3)cc3cncnc23)c1. The molecule has 0 radical (unpaired) electrons. The van der Waals surface area contributed by atoms with Gasteiger partial charge in [-0.25, -0.2) is 14.4 Å². The Morgan fingerprint density at radius 3 is 2.69 bits per heavy atom. The minimum Gasteiger partial charge on any atom is -0.322 e. The summed E-state index contributed by atoms with van der Waals surface area (Å²) in [5, 5.41) is 10.4. The molecule has 0 spiro atoms. The smallest absolute Gasteiger partial charge is 0.257 e. The van der Waals surface area contributed by atoms with Gasteiger partial charge in [-0.15, -0.1) is 0 Å². The number of halogens is 1. The lowest BCUT2D eigenvalue weighted by molar-refractivity contribution is -0.111. The highest BCUT2D eigenvalue weighted by Crippen LogP contribution is 2.34. The van der Waals surface area contributed by atoms with Gasteiger partial charge in [0.2, 0.25) is 0 Å². The summed E-state index contributed by atoms with van der Waals surface area (Å²) >= 11 is 0. The molecule has 1 amide bonds. The quantitative estimate of drug-likeness (QED) is 0.391. The van der Waals surface area contributed by atoms with Gasteiger partial charge < -0.3 is 5.32 Å². The monoisotopic (exact) mass is 382 g/mol.